The predicted octanol–water partition coefficient (Wildman–Crippen LogP) is 2.80. The first kappa shape index (κ1) is 13.7. The molecule has 1 aliphatic rings. The molecule has 1 saturated heterocycles. The van der Waals surface area contributed by atoms with Crippen LogP contribution in [0.3, 0.4) is 0 Å². The Bertz CT molecular complexity index is 582. The number of benzene rings is 1. The summed E-state index contributed by atoms with van der Waals surface area (Å²) in [5, 5.41) is 12.2. The van der Waals surface area contributed by atoms with Gasteiger partial charge in [-0.2, -0.15) is 4.68 Å². The Balaban J connectivity index is 1.85. The summed E-state index contributed by atoms with van der Waals surface area (Å²) in [6.07, 6.45) is 3.85. The van der Waals surface area contributed by atoms with E-state index in [9.17, 15) is 0 Å². The number of hydrogen-bond acceptors (Lipinski definition) is 4. The molecule has 0 N–H and O–H groups in total. The van der Waals surface area contributed by atoms with Gasteiger partial charge in [0, 0.05) is 10.5 Å². The molecule has 0 amide bonds. The van der Waals surface area contributed by atoms with E-state index in [0.29, 0.717) is 6.04 Å². The molecular weight excluding hydrogens is 318 g/mol. The van der Waals surface area contributed by atoms with Crippen LogP contribution in [0.2, 0.25) is 0 Å². The van der Waals surface area contributed by atoms with E-state index in [0.717, 1.165) is 29.1 Å². The zero-order valence-electron chi connectivity index (χ0n) is 11.5. The van der Waals surface area contributed by atoms with Crippen molar-refractivity contribution in [2.45, 2.75) is 38.8 Å². The van der Waals surface area contributed by atoms with E-state index in [1.807, 2.05) is 28.9 Å². The average Bonchev–Trinajstić information content (AvgIpc) is 2.90. The fraction of sp³-hybridized carbons (Fsp3) is 0.500. The van der Waals surface area contributed by atoms with E-state index in [-0.39, 0.29) is 0 Å². The Hall–Kier alpha value is -1.27. The first-order valence-electron chi connectivity index (χ1n) is 7.02. The zero-order chi connectivity index (χ0) is 13.9. The Morgan fingerprint density at radius 3 is 2.95 bits per heavy atom. The zero-order valence-corrected chi connectivity index (χ0v) is 13.1. The van der Waals surface area contributed by atoms with Crippen molar-refractivity contribution in [3.05, 3.63) is 34.6 Å². The molecule has 0 aliphatic carbocycles. The molecule has 1 atom stereocenters. The third-order valence-electron chi connectivity index (χ3n) is 3.90. The van der Waals surface area contributed by atoms with Gasteiger partial charge in [-0.3, -0.25) is 4.90 Å². The molecule has 1 aliphatic heterocycles. The van der Waals surface area contributed by atoms with Gasteiger partial charge in [0.25, 0.3) is 0 Å². The second-order valence-electron chi connectivity index (χ2n) is 5.27. The lowest BCUT2D eigenvalue weighted by molar-refractivity contribution is 0.148. The van der Waals surface area contributed by atoms with Gasteiger partial charge in [-0.1, -0.05) is 18.6 Å². The minimum absolute atomic E-state index is 0.605. The minimum Gasteiger partial charge on any atom is -0.293 e. The molecule has 1 fully saturated rings. The van der Waals surface area contributed by atoms with Crippen LogP contribution in [-0.4, -0.2) is 37.7 Å². The molecule has 0 spiro atoms. The number of aromatic nitrogens is 4. The van der Waals surface area contributed by atoms with Gasteiger partial charge in [0.15, 0.2) is 5.82 Å². The van der Waals surface area contributed by atoms with E-state index >= 15 is 0 Å². The summed E-state index contributed by atoms with van der Waals surface area (Å²) in [4.78, 5) is 2.46. The molecule has 2 aromatic rings. The molecule has 106 valence electrons. The maximum atomic E-state index is 4.20. The van der Waals surface area contributed by atoms with E-state index in [1.54, 1.807) is 0 Å². The summed E-state index contributed by atoms with van der Waals surface area (Å²) in [7, 11) is 0. The van der Waals surface area contributed by atoms with E-state index < -0.39 is 0 Å². The summed E-state index contributed by atoms with van der Waals surface area (Å²) in [5.74, 6) is 0.894. The number of likely N-dealkylation sites (tertiary alicyclic amines) is 1. The molecule has 2 heterocycles. The normalized spacial score (nSPS) is 20.2. The molecule has 3 rings (SSSR count). The van der Waals surface area contributed by atoms with Gasteiger partial charge in [0.05, 0.1) is 12.2 Å². The second-order valence-corrected chi connectivity index (χ2v) is 6.13. The van der Waals surface area contributed by atoms with Crippen molar-refractivity contribution in [1.29, 1.82) is 0 Å². The molecule has 20 heavy (non-hydrogen) atoms. The fourth-order valence-electron chi connectivity index (χ4n) is 2.69. The Labute approximate surface area is 127 Å². The van der Waals surface area contributed by atoms with Crippen molar-refractivity contribution >= 4 is 15.9 Å². The number of nitrogens with zero attached hydrogens (tertiary/aromatic N) is 5. The van der Waals surface area contributed by atoms with Gasteiger partial charge in [-0.25, -0.2) is 0 Å². The average molecular weight is 336 g/mol. The van der Waals surface area contributed by atoms with Crippen LogP contribution in [0.5, 0.6) is 0 Å². The van der Waals surface area contributed by atoms with E-state index in [2.05, 4.69) is 43.3 Å². The van der Waals surface area contributed by atoms with Gasteiger partial charge in [0.1, 0.15) is 0 Å². The lowest BCUT2D eigenvalue weighted by Crippen LogP contribution is -2.37. The highest BCUT2D eigenvalue weighted by Crippen LogP contribution is 2.22. The largest absolute Gasteiger partial charge is 0.293 e. The summed E-state index contributed by atoms with van der Waals surface area (Å²) < 4.78 is 2.83. The molecule has 5 nitrogen and oxygen atoms in total. The fourth-order valence-corrected chi connectivity index (χ4v) is 3.14. The van der Waals surface area contributed by atoms with Crippen LogP contribution in [0.4, 0.5) is 0 Å². The number of halogens is 1. The van der Waals surface area contributed by atoms with Gasteiger partial charge in [-0.15, -0.1) is 5.10 Å². The Morgan fingerprint density at radius 1 is 1.30 bits per heavy atom. The summed E-state index contributed by atoms with van der Waals surface area (Å²) in [6.45, 7) is 4.21. The molecule has 0 saturated carbocycles. The van der Waals surface area contributed by atoms with E-state index in [4.69, 9.17) is 0 Å². The van der Waals surface area contributed by atoms with Crippen LogP contribution in [0.25, 0.3) is 5.69 Å². The number of piperidine rings is 1. The lowest BCUT2D eigenvalue weighted by Gasteiger charge is -2.32. The van der Waals surface area contributed by atoms with Crippen molar-refractivity contribution in [2.75, 3.05) is 6.54 Å². The van der Waals surface area contributed by atoms with Gasteiger partial charge in [0.2, 0.25) is 0 Å². The first-order valence-corrected chi connectivity index (χ1v) is 7.81. The summed E-state index contributed by atoms with van der Waals surface area (Å²) >= 11 is 3.56. The van der Waals surface area contributed by atoms with Crippen LogP contribution >= 0.6 is 15.9 Å². The minimum atomic E-state index is 0.605. The van der Waals surface area contributed by atoms with Crippen LogP contribution in [0.1, 0.15) is 32.0 Å². The summed E-state index contributed by atoms with van der Waals surface area (Å²) in [6, 6.07) is 8.61. The highest BCUT2D eigenvalue weighted by molar-refractivity contribution is 9.10. The first-order chi connectivity index (χ1) is 9.75. The van der Waals surface area contributed by atoms with Crippen molar-refractivity contribution in [1.82, 2.24) is 25.1 Å². The predicted molar refractivity (Wildman–Crippen MR) is 80.6 cm³/mol. The lowest BCUT2D eigenvalue weighted by atomic mass is 10.0. The molecule has 0 radical (unpaired) electrons. The van der Waals surface area contributed by atoms with Crippen molar-refractivity contribution in [3.8, 4) is 5.69 Å². The molecular formula is C14H18BrN5. The quantitative estimate of drug-likeness (QED) is 0.865. The molecule has 6 heteroatoms. The van der Waals surface area contributed by atoms with Crippen molar-refractivity contribution in [3.63, 3.8) is 0 Å². The third-order valence-corrected chi connectivity index (χ3v) is 4.57. The third kappa shape index (κ3) is 2.76. The number of rotatable bonds is 3. The van der Waals surface area contributed by atoms with Gasteiger partial charge in [-0.05, 0) is 64.8 Å². The standard InChI is InChI=1S/C14H18BrN5/c1-11-6-4-5-9-19(11)10-14-16-17-18-20(14)13-8-3-2-7-12(13)15/h2-3,7-8,11H,4-6,9-10H2,1H3. The van der Waals surface area contributed by atoms with Crippen LogP contribution in [0, 0.1) is 0 Å². The maximum absolute atomic E-state index is 4.20. The highest BCUT2D eigenvalue weighted by atomic mass is 79.9. The van der Waals surface area contributed by atoms with Crippen LogP contribution in [0.15, 0.2) is 28.7 Å². The molecule has 0 bridgehead atoms. The van der Waals surface area contributed by atoms with Gasteiger partial charge >= 0.3 is 0 Å². The van der Waals surface area contributed by atoms with Crippen molar-refractivity contribution < 1.29 is 0 Å². The summed E-state index contributed by atoms with van der Waals surface area (Å²) in [5.41, 5.74) is 0.983. The molecule has 1 unspecified atom stereocenters. The van der Waals surface area contributed by atoms with Crippen LogP contribution in [-0.2, 0) is 6.54 Å². The van der Waals surface area contributed by atoms with E-state index in [1.165, 1.54) is 19.3 Å². The SMILES string of the molecule is CC1CCCCN1Cc1nnnn1-c1ccccc1Br. The maximum Gasteiger partial charge on any atom is 0.170 e. The topological polar surface area (TPSA) is 46.8 Å². The van der Waals surface area contributed by atoms with Crippen LogP contribution < -0.4 is 0 Å². The number of hydrogen-bond donors (Lipinski definition) is 0. The van der Waals surface area contributed by atoms with Gasteiger partial charge < -0.3 is 0 Å². The Morgan fingerprint density at radius 2 is 2.15 bits per heavy atom. The monoisotopic (exact) mass is 335 g/mol. The smallest absolute Gasteiger partial charge is 0.170 e. The number of tetrazole rings is 1. The molecule has 1 aromatic carbocycles. The second kappa shape index (κ2) is 6.01. The Kier molecular flexibility index (Phi) is 4.12. The number of para-hydroxylation sites is 1. The highest BCUT2D eigenvalue weighted by Gasteiger charge is 2.21. The van der Waals surface area contributed by atoms with Crippen molar-refractivity contribution in [2.24, 2.45) is 0 Å². The molecule has 1 aromatic heterocycles.